The Balaban J connectivity index is 1.51. The summed E-state index contributed by atoms with van der Waals surface area (Å²) in [7, 11) is 1.60. The SMILES string of the molecule is COc1cccc(CNC(=O)CSc2nnc(-c3ccccc3F)n2-c2ccccc2)c1. The van der Waals surface area contributed by atoms with Crippen molar-refractivity contribution in [3.8, 4) is 22.8 Å². The fourth-order valence-corrected chi connectivity index (χ4v) is 3.94. The predicted molar refractivity (Wildman–Crippen MR) is 122 cm³/mol. The summed E-state index contributed by atoms with van der Waals surface area (Å²) in [5, 5.41) is 11.9. The number of halogens is 1. The van der Waals surface area contributed by atoms with Crippen molar-refractivity contribution in [3.63, 3.8) is 0 Å². The molecule has 0 unspecified atom stereocenters. The van der Waals surface area contributed by atoms with Crippen LogP contribution in [-0.4, -0.2) is 33.5 Å². The van der Waals surface area contributed by atoms with Crippen LogP contribution >= 0.6 is 11.8 Å². The number of benzene rings is 3. The maximum atomic E-state index is 14.4. The molecule has 0 aliphatic rings. The van der Waals surface area contributed by atoms with Crippen LogP contribution in [0.5, 0.6) is 5.75 Å². The Kier molecular flexibility index (Phi) is 6.81. The molecule has 1 aromatic heterocycles. The summed E-state index contributed by atoms with van der Waals surface area (Å²) in [4.78, 5) is 12.4. The number of rotatable bonds is 8. The first-order valence-corrected chi connectivity index (χ1v) is 10.9. The first-order valence-electron chi connectivity index (χ1n) is 9.94. The van der Waals surface area contributed by atoms with E-state index >= 15 is 0 Å². The molecule has 0 bridgehead atoms. The number of methoxy groups -OCH3 is 1. The lowest BCUT2D eigenvalue weighted by molar-refractivity contribution is -0.118. The summed E-state index contributed by atoms with van der Waals surface area (Å²) in [6.45, 7) is 0.391. The summed E-state index contributed by atoms with van der Waals surface area (Å²) in [5.74, 6) is 0.737. The van der Waals surface area contributed by atoms with Gasteiger partial charge >= 0.3 is 0 Å². The van der Waals surface area contributed by atoms with Gasteiger partial charge in [0.05, 0.1) is 18.4 Å². The number of ether oxygens (including phenoxy) is 1. The number of hydrogen-bond donors (Lipinski definition) is 1. The Morgan fingerprint density at radius 3 is 2.59 bits per heavy atom. The molecule has 1 heterocycles. The van der Waals surface area contributed by atoms with Crippen LogP contribution in [0.2, 0.25) is 0 Å². The summed E-state index contributed by atoms with van der Waals surface area (Å²) >= 11 is 1.24. The van der Waals surface area contributed by atoms with Crippen molar-refractivity contribution in [1.29, 1.82) is 0 Å². The number of thioether (sulfide) groups is 1. The van der Waals surface area contributed by atoms with Crippen LogP contribution in [0.3, 0.4) is 0 Å². The quantitative estimate of drug-likeness (QED) is 0.402. The molecule has 4 rings (SSSR count). The number of amides is 1. The highest BCUT2D eigenvalue weighted by molar-refractivity contribution is 7.99. The lowest BCUT2D eigenvalue weighted by Gasteiger charge is -2.11. The molecule has 1 amide bonds. The van der Waals surface area contributed by atoms with Crippen molar-refractivity contribution >= 4 is 17.7 Å². The number of aromatic nitrogens is 3. The van der Waals surface area contributed by atoms with Crippen molar-refractivity contribution in [2.75, 3.05) is 12.9 Å². The topological polar surface area (TPSA) is 69.0 Å². The zero-order valence-corrected chi connectivity index (χ0v) is 18.2. The van der Waals surface area contributed by atoms with Crippen molar-refractivity contribution < 1.29 is 13.9 Å². The van der Waals surface area contributed by atoms with E-state index in [2.05, 4.69) is 15.5 Å². The molecule has 6 nitrogen and oxygen atoms in total. The fourth-order valence-electron chi connectivity index (χ4n) is 3.15. The van der Waals surface area contributed by atoms with Gasteiger partial charge < -0.3 is 10.1 Å². The molecule has 8 heteroatoms. The minimum atomic E-state index is -0.385. The zero-order chi connectivity index (χ0) is 22.3. The number of nitrogens with one attached hydrogen (secondary N) is 1. The average molecular weight is 449 g/mol. The Morgan fingerprint density at radius 2 is 1.81 bits per heavy atom. The third-order valence-corrected chi connectivity index (χ3v) is 5.65. The van der Waals surface area contributed by atoms with E-state index in [1.807, 2.05) is 54.6 Å². The number of nitrogens with zero attached hydrogens (tertiary/aromatic N) is 3. The molecule has 162 valence electrons. The summed E-state index contributed by atoms with van der Waals surface area (Å²) < 4.78 is 21.4. The van der Waals surface area contributed by atoms with Gasteiger partial charge in [-0.15, -0.1) is 10.2 Å². The molecule has 0 aliphatic heterocycles. The minimum absolute atomic E-state index is 0.145. The molecular weight excluding hydrogens is 427 g/mol. The van der Waals surface area contributed by atoms with Gasteiger partial charge in [-0.3, -0.25) is 9.36 Å². The van der Waals surface area contributed by atoms with Crippen molar-refractivity contribution in [1.82, 2.24) is 20.1 Å². The molecule has 0 fully saturated rings. The van der Waals surface area contributed by atoms with Crippen LogP contribution in [0, 0.1) is 5.82 Å². The molecule has 0 saturated heterocycles. The Labute approximate surface area is 189 Å². The normalized spacial score (nSPS) is 10.7. The van der Waals surface area contributed by atoms with E-state index in [9.17, 15) is 9.18 Å². The smallest absolute Gasteiger partial charge is 0.230 e. The fraction of sp³-hybridized carbons (Fsp3) is 0.125. The maximum Gasteiger partial charge on any atom is 0.230 e. The van der Waals surface area contributed by atoms with Gasteiger partial charge in [0.15, 0.2) is 11.0 Å². The highest BCUT2D eigenvalue weighted by Crippen LogP contribution is 2.29. The molecular formula is C24H21FN4O2S. The monoisotopic (exact) mass is 448 g/mol. The second-order valence-electron chi connectivity index (χ2n) is 6.87. The molecule has 4 aromatic rings. The number of carbonyl (C=O) groups excluding carboxylic acids is 1. The number of carbonyl (C=O) groups is 1. The zero-order valence-electron chi connectivity index (χ0n) is 17.4. The Bertz CT molecular complexity index is 1210. The first-order chi connectivity index (χ1) is 15.7. The van der Waals surface area contributed by atoms with E-state index in [4.69, 9.17) is 4.74 Å². The van der Waals surface area contributed by atoms with Gasteiger partial charge in [0.2, 0.25) is 5.91 Å². The van der Waals surface area contributed by atoms with Crippen LogP contribution in [0.15, 0.2) is 84.0 Å². The largest absolute Gasteiger partial charge is 0.497 e. The van der Waals surface area contributed by atoms with E-state index in [0.717, 1.165) is 17.0 Å². The molecule has 0 radical (unpaired) electrons. The maximum absolute atomic E-state index is 14.4. The van der Waals surface area contributed by atoms with Crippen molar-refractivity contribution in [3.05, 3.63) is 90.2 Å². The second-order valence-corrected chi connectivity index (χ2v) is 7.82. The summed E-state index contributed by atoms with van der Waals surface area (Å²) in [6, 6.07) is 23.4. The van der Waals surface area contributed by atoms with Gasteiger partial charge in [0.25, 0.3) is 0 Å². The molecule has 0 saturated carbocycles. The van der Waals surface area contributed by atoms with E-state index in [1.54, 1.807) is 29.9 Å². The molecule has 0 aliphatic carbocycles. The molecule has 3 aromatic carbocycles. The average Bonchev–Trinajstić information content (AvgIpc) is 3.26. The van der Waals surface area contributed by atoms with E-state index < -0.39 is 0 Å². The molecule has 32 heavy (non-hydrogen) atoms. The lowest BCUT2D eigenvalue weighted by Crippen LogP contribution is -2.24. The van der Waals surface area contributed by atoms with Gasteiger partial charge in [-0.2, -0.15) is 0 Å². The Hall–Kier alpha value is -3.65. The first kappa shape index (κ1) is 21.6. The third-order valence-electron chi connectivity index (χ3n) is 4.72. The van der Waals surface area contributed by atoms with Gasteiger partial charge in [-0.05, 0) is 42.0 Å². The highest BCUT2D eigenvalue weighted by Gasteiger charge is 2.19. The van der Waals surface area contributed by atoms with E-state index in [0.29, 0.717) is 23.1 Å². The van der Waals surface area contributed by atoms with Gasteiger partial charge in [-0.25, -0.2) is 4.39 Å². The number of hydrogen-bond acceptors (Lipinski definition) is 5. The molecule has 0 spiro atoms. The molecule has 1 N–H and O–H groups in total. The minimum Gasteiger partial charge on any atom is -0.497 e. The predicted octanol–water partition coefficient (Wildman–Crippen LogP) is 4.49. The number of para-hydroxylation sites is 1. The van der Waals surface area contributed by atoms with E-state index in [1.165, 1.54) is 17.8 Å². The van der Waals surface area contributed by atoms with Gasteiger partial charge in [-0.1, -0.05) is 54.2 Å². The third kappa shape index (κ3) is 4.97. The van der Waals surface area contributed by atoms with E-state index in [-0.39, 0.29) is 17.5 Å². The van der Waals surface area contributed by atoms with Crippen LogP contribution < -0.4 is 10.1 Å². The van der Waals surface area contributed by atoms with Gasteiger partial charge in [0, 0.05) is 12.2 Å². The van der Waals surface area contributed by atoms with Crippen LogP contribution in [0.1, 0.15) is 5.56 Å². The van der Waals surface area contributed by atoms with Crippen molar-refractivity contribution in [2.45, 2.75) is 11.7 Å². The highest BCUT2D eigenvalue weighted by atomic mass is 32.2. The standard InChI is InChI=1S/C24H21FN4O2S/c1-31-19-11-7-8-17(14-19)15-26-22(30)16-32-24-28-27-23(20-12-5-6-13-21(20)25)29(24)18-9-3-2-4-10-18/h2-14H,15-16H2,1H3,(H,26,30). The van der Waals surface area contributed by atoms with Crippen LogP contribution in [-0.2, 0) is 11.3 Å². The molecule has 0 atom stereocenters. The van der Waals surface area contributed by atoms with Crippen LogP contribution in [0.25, 0.3) is 17.1 Å². The van der Waals surface area contributed by atoms with Gasteiger partial charge in [0.1, 0.15) is 11.6 Å². The van der Waals surface area contributed by atoms with Crippen molar-refractivity contribution in [2.24, 2.45) is 0 Å². The Morgan fingerprint density at radius 1 is 1.03 bits per heavy atom. The lowest BCUT2D eigenvalue weighted by atomic mass is 10.2. The van der Waals surface area contributed by atoms with Crippen LogP contribution in [0.4, 0.5) is 4.39 Å². The second kappa shape index (κ2) is 10.1. The summed E-state index contributed by atoms with van der Waals surface area (Å²) in [6.07, 6.45) is 0. The summed E-state index contributed by atoms with van der Waals surface area (Å²) in [5.41, 5.74) is 2.07.